The second-order valence-corrected chi connectivity index (χ2v) is 4.57. The molecular weight excluding hydrogens is 184 g/mol. The van der Waals surface area contributed by atoms with Crippen molar-refractivity contribution in [2.24, 2.45) is 5.92 Å². The molecule has 1 aromatic rings. The van der Waals surface area contributed by atoms with Crippen LogP contribution in [0.25, 0.3) is 0 Å². The van der Waals surface area contributed by atoms with Gasteiger partial charge in [0.15, 0.2) is 0 Å². The van der Waals surface area contributed by atoms with Gasteiger partial charge in [-0.2, -0.15) is 0 Å². The molecule has 82 valence electrons. The average Bonchev–Trinajstić information content (AvgIpc) is 2.18. The van der Waals surface area contributed by atoms with Crippen molar-refractivity contribution in [1.82, 2.24) is 0 Å². The van der Waals surface area contributed by atoms with Crippen LogP contribution in [-0.2, 0) is 11.2 Å². The van der Waals surface area contributed by atoms with Gasteiger partial charge >= 0.3 is 0 Å². The van der Waals surface area contributed by atoms with Crippen LogP contribution in [0.1, 0.15) is 37.8 Å². The highest BCUT2D eigenvalue weighted by Gasteiger charge is 2.06. The van der Waals surface area contributed by atoms with E-state index >= 15 is 0 Å². The number of aryl methyl sites for hydroxylation is 1. The Morgan fingerprint density at radius 1 is 1.27 bits per heavy atom. The van der Waals surface area contributed by atoms with E-state index in [1.165, 1.54) is 11.1 Å². The predicted octanol–water partition coefficient (Wildman–Crippen LogP) is 3.54. The molecule has 0 atom stereocenters. The third-order valence-corrected chi connectivity index (χ3v) is 2.65. The second kappa shape index (κ2) is 5.69. The molecule has 0 fully saturated rings. The number of ketones is 1. The van der Waals surface area contributed by atoms with Crippen LogP contribution in [-0.4, -0.2) is 5.78 Å². The van der Waals surface area contributed by atoms with Gasteiger partial charge in [0.05, 0.1) is 0 Å². The highest BCUT2D eigenvalue weighted by atomic mass is 16.1. The molecule has 0 radical (unpaired) electrons. The lowest BCUT2D eigenvalue weighted by atomic mass is 9.99. The predicted molar refractivity (Wildman–Crippen MR) is 64.0 cm³/mol. The van der Waals surface area contributed by atoms with Gasteiger partial charge in [-0.1, -0.05) is 38.1 Å². The molecule has 0 aliphatic carbocycles. The molecule has 0 bridgehead atoms. The Hall–Kier alpha value is -1.11. The molecule has 0 heterocycles. The lowest BCUT2D eigenvalue weighted by molar-refractivity contribution is -0.118. The monoisotopic (exact) mass is 204 g/mol. The molecule has 1 nitrogen and oxygen atoms in total. The molecule has 1 heteroatoms. The number of benzene rings is 1. The fraction of sp³-hybridized carbons (Fsp3) is 0.500. The van der Waals surface area contributed by atoms with E-state index in [1.807, 2.05) is 18.2 Å². The van der Waals surface area contributed by atoms with Gasteiger partial charge in [-0.15, -0.1) is 0 Å². The first-order valence-electron chi connectivity index (χ1n) is 5.66. The van der Waals surface area contributed by atoms with Crippen molar-refractivity contribution >= 4 is 5.78 Å². The van der Waals surface area contributed by atoms with Gasteiger partial charge in [0.25, 0.3) is 0 Å². The minimum atomic E-state index is 0.359. The summed E-state index contributed by atoms with van der Waals surface area (Å²) in [5.74, 6) is 0.976. The zero-order valence-corrected chi connectivity index (χ0v) is 9.92. The SMILES string of the molecule is Cc1ccccc1CC(=O)CCC(C)C. The number of carbonyl (C=O) groups is 1. The molecule has 0 aliphatic rings. The van der Waals surface area contributed by atoms with E-state index in [-0.39, 0.29) is 0 Å². The van der Waals surface area contributed by atoms with E-state index in [0.29, 0.717) is 24.5 Å². The zero-order valence-electron chi connectivity index (χ0n) is 9.92. The minimum Gasteiger partial charge on any atom is -0.299 e. The third kappa shape index (κ3) is 4.28. The first-order valence-corrected chi connectivity index (χ1v) is 5.66. The fourth-order valence-corrected chi connectivity index (χ4v) is 1.56. The Labute approximate surface area is 92.5 Å². The van der Waals surface area contributed by atoms with Gasteiger partial charge in [0.2, 0.25) is 0 Å². The molecular formula is C14H20O. The first kappa shape index (κ1) is 12.0. The van der Waals surface area contributed by atoms with Crippen LogP contribution in [0, 0.1) is 12.8 Å². The average molecular weight is 204 g/mol. The molecule has 1 aromatic carbocycles. The summed E-state index contributed by atoms with van der Waals surface area (Å²) < 4.78 is 0. The molecule has 1 rings (SSSR count). The van der Waals surface area contributed by atoms with Crippen LogP contribution in [0.5, 0.6) is 0 Å². The minimum absolute atomic E-state index is 0.359. The van der Waals surface area contributed by atoms with Crippen molar-refractivity contribution in [3.05, 3.63) is 35.4 Å². The Morgan fingerprint density at radius 2 is 1.93 bits per heavy atom. The van der Waals surface area contributed by atoms with Crippen molar-refractivity contribution in [3.8, 4) is 0 Å². The maximum atomic E-state index is 11.7. The van der Waals surface area contributed by atoms with Crippen LogP contribution in [0.4, 0.5) is 0 Å². The first-order chi connectivity index (χ1) is 7.09. The summed E-state index contributed by atoms with van der Waals surface area (Å²) in [6.07, 6.45) is 2.32. The molecule has 15 heavy (non-hydrogen) atoms. The molecule has 0 unspecified atom stereocenters. The van der Waals surface area contributed by atoms with Crippen molar-refractivity contribution in [3.63, 3.8) is 0 Å². The number of hydrogen-bond donors (Lipinski definition) is 0. The highest BCUT2D eigenvalue weighted by Crippen LogP contribution is 2.11. The summed E-state index contributed by atoms with van der Waals surface area (Å²) in [5, 5.41) is 0. The van der Waals surface area contributed by atoms with Crippen LogP contribution in [0.15, 0.2) is 24.3 Å². The highest BCUT2D eigenvalue weighted by molar-refractivity contribution is 5.81. The molecule has 0 amide bonds. The van der Waals surface area contributed by atoms with Crippen molar-refractivity contribution in [1.29, 1.82) is 0 Å². The molecule has 0 aliphatic heterocycles. The zero-order chi connectivity index (χ0) is 11.3. The maximum Gasteiger partial charge on any atom is 0.137 e. The van der Waals surface area contributed by atoms with Gasteiger partial charge in [0, 0.05) is 12.8 Å². The maximum absolute atomic E-state index is 11.7. The lowest BCUT2D eigenvalue weighted by Gasteiger charge is -2.06. The number of rotatable bonds is 5. The molecule has 0 aromatic heterocycles. The standard InChI is InChI=1S/C14H20O/c1-11(2)8-9-14(15)10-13-7-5-4-6-12(13)3/h4-7,11H,8-10H2,1-3H3. The van der Waals surface area contributed by atoms with Crippen LogP contribution >= 0.6 is 0 Å². The van der Waals surface area contributed by atoms with E-state index < -0.39 is 0 Å². The molecule has 0 N–H and O–H groups in total. The molecule has 0 saturated heterocycles. The van der Waals surface area contributed by atoms with Crippen molar-refractivity contribution in [2.45, 2.75) is 40.0 Å². The van der Waals surface area contributed by atoms with Crippen LogP contribution in [0.2, 0.25) is 0 Å². The Kier molecular flexibility index (Phi) is 4.54. The van der Waals surface area contributed by atoms with E-state index in [9.17, 15) is 4.79 Å². The van der Waals surface area contributed by atoms with Gasteiger partial charge in [-0.05, 0) is 30.4 Å². The summed E-state index contributed by atoms with van der Waals surface area (Å²) in [4.78, 5) is 11.7. The summed E-state index contributed by atoms with van der Waals surface area (Å²) in [7, 11) is 0. The fourth-order valence-electron chi connectivity index (χ4n) is 1.56. The van der Waals surface area contributed by atoms with E-state index in [4.69, 9.17) is 0 Å². The topological polar surface area (TPSA) is 17.1 Å². The normalized spacial score (nSPS) is 10.7. The Morgan fingerprint density at radius 3 is 2.53 bits per heavy atom. The van der Waals surface area contributed by atoms with E-state index in [2.05, 4.69) is 26.8 Å². The summed E-state index contributed by atoms with van der Waals surface area (Å²) in [5.41, 5.74) is 2.39. The molecule has 0 saturated carbocycles. The summed E-state index contributed by atoms with van der Waals surface area (Å²) >= 11 is 0. The van der Waals surface area contributed by atoms with Crippen LogP contribution < -0.4 is 0 Å². The third-order valence-electron chi connectivity index (χ3n) is 2.65. The smallest absolute Gasteiger partial charge is 0.137 e. The Balaban J connectivity index is 2.48. The summed E-state index contributed by atoms with van der Waals surface area (Å²) in [6, 6.07) is 8.11. The van der Waals surface area contributed by atoms with Gasteiger partial charge < -0.3 is 0 Å². The molecule has 0 spiro atoms. The van der Waals surface area contributed by atoms with Crippen LogP contribution in [0.3, 0.4) is 0 Å². The van der Waals surface area contributed by atoms with Gasteiger partial charge in [0.1, 0.15) is 5.78 Å². The number of hydrogen-bond acceptors (Lipinski definition) is 1. The van der Waals surface area contributed by atoms with E-state index in [0.717, 1.165) is 6.42 Å². The van der Waals surface area contributed by atoms with Crippen molar-refractivity contribution in [2.75, 3.05) is 0 Å². The summed E-state index contributed by atoms with van der Waals surface area (Å²) in [6.45, 7) is 6.37. The Bertz CT molecular complexity index is 326. The van der Waals surface area contributed by atoms with Gasteiger partial charge in [-0.25, -0.2) is 0 Å². The van der Waals surface area contributed by atoms with Crippen molar-refractivity contribution < 1.29 is 4.79 Å². The lowest BCUT2D eigenvalue weighted by Crippen LogP contribution is -2.05. The van der Waals surface area contributed by atoms with Gasteiger partial charge in [-0.3, -0.25) is 4.79 Å². The van der Waals surface area contributed by atoms with E-state index in [1.54, 1.807) is 0 Å². The largest absolute Gasteiger partial charge is 0.299 e. The number of carbonyl (C=O) groups excluding carboxylic acids is 1. The number of Topliss-reactive ketones (excluding diaryl/α,β-unsaturated/α-hetero) is 1. The second-order valence-electron chi connectivity index (χ2n) is 4.57. The quantitative estimate of drug-likeness (QED) is 0.717.